The molecule has 4 aliphatic carbocycles. The van der Waals surface area contributed by atoms with Crippen molar-refractivity contribution in [1.29, 1.82) is 0 Å². The highest BCUT2D eigenvalue weighted by Crippen LogP contribution is 2.56. The van der Waals surface area contributed by atoms with Crippen LogP contribution in [-0.2, 0) is 4.74 Å². The molecule has 5 nitrogen and oxygen atoms in total. The number of rotatable bonds is 8. The van der Waals surface area contributed by atoms with Crippen molar-refractivity contribution in [3.8, 4) is 5.75 Å². The second-order valence-corrected chi connectivity index (χ2v) is 8.71. The Morgan fingerprint density at radius 2 is 1.81 bits per heavy atom. The number of benzene rings is 1. The van der Waals surface area contributed by atoms with Crippen LogP contribution in [0, 0.1) is 29.6 Å². The Bertz CT molecular complexity index is 633. The maximum absolute atomic E-state index is 11.8. The van der Waals surface area contributed by atoms with Gasteiger partial charge in [0.1, 0.15) is 24.0 Å². The Kier molecular flexibility index (Phi) is 5.69. The van der Waals surface area contributed by atoms with Gasteiger partial charge in [-0.25, -0.2) is 4.79 Å². The van der Waals surface area contributed by atoms with E-state index >= 15 is 0 Å². The summed E-state index contributed by atoms with van der Waals surface area (Å²) in [5, 5.41) is 13.8. The van der Waals surface area contributed by atoms with Crippen molar-refractivity contribution in [3.05, 3.63) is 29.8 Å². The number of ether oxygens (including phenoxy) is 2. The number of aliphatic hydroxyl groups is 1. The van der Waals surface area contributed by atoms with Gasteiger partial charge in [0.2, 0.25) is 0 Å². The van der Waals surface area contributed by atoms with Gasteiger partial charge in [-0.15, -0.1) is 0 Å². The number of aliphatic hydroxyl groups excluding tert-OH is 1. The molecule has 4 aliphatic rings. The highest BCUT2D eigenvalue weighted by molar-refractivity contribution is 5.92. The summed E-state index contributed by atoms with van der Waals surface area (Å²) >= 11 is 0. The molecule has 0 aliphatic heterocycles. The van der Waals surface area contributed by atoms with E-state index in [4.69, 9.17) is 9.47 Å². The highest BCUT2D eigenvalue weighted by Gasteiger charge is 2.47. The molecule has 5 heteroatoms. The fourth-order valence-corrected chi connectivity index (χ4v) is 5.90. The summed E-state index contributed by atoms with van der Waals surface area (Å²) in [5.74, 6) is 4.59. The van der Waals surface area contributed by atoms with Crippen LogP contribution in [0.25, 0.3) is 0 Å². The third kappa shape index (κ3) is 4.14. The standard InChI is InChI=1S/C22H31NO4/c1-26-22(25)19-4-2-3-5-21(19)27-13-18(24)11-23-12-20-16-7-14-6-15(9-16)10-17(20)8-14/h2-5,14-18,20,23-24H,6-13H2,1H3. The molecule has 1 atom stereocenters. The lowest BCUT2D eigenvalue weighted by Gasteiger charge is -2.54. The topological polar surface area (TPSA) is 67.8 Å². The van der Waals surface area contributed by atoms with Crippen LogP contribution in [0.15, 0.2) is 24.3 Å². The molecule has 148 valence electrons. The van der Waals surface area contributed by atoms with Crippen molar-refractivity contribution in [2.75, 3.05) is 26.8 Å². The van der Waals surface area contributed by atoms with Gasteiger partial charge in [0.15, 0.2) is 0 Å². The van der Waals surface area contributed by atoms with E-state index in [0.717, 1.165) is 36.1 Å². The third-order valence-corrected chi connectivity index (χ3v) is 6.91. The molecule has 0 aromatic heterocycles. The largest absolute Gasteiger partial charge is 0.490 e. The average Bonchev–Trinajstić information content (AvgIpc) is 2.67. The first kappa shape index (κ1) is 18.8. The van der Waals surface area contributed by atoms with Gasteiger partial charge in [0.25, 0.3) is 0 Å². The van der Waals surface area contributed by atoms with Crippen molar-refractivity contribution in [1.82, 2.24) is 5.32 Å². The number of carbonyl (C=O) groups is 1. The van der Waals surface area contributed by atoms with Crippen LogP contribution in [0.5, 0.6) is 5.75 Å². The van der Waals surface area contributed by atoms with Gasteiger partial charge < -0.3 is 19.9 Å². The van der Waals surface area contributed by atoms with Crippen LogP contribution in [0.2, 0.25) is 0 Å². The van der Waals surface area contributed by atoms with Gasteiger partial charge in [-0.3, -0.25) is 0 Å². The molecule has 1 aromatic rings. The average molecular weight is 373 g/mol. The minimum atomic E-state index is -0.604. The number of hydrogen-bond acceptors (Lipinski definition) is 5. The van der Waals surface area contributed by atoms with Crippen LogP contribution in [0.3, 0.4) is 0 Å². The third-order valence-electron chi connectivity index (χ3n) is 6.91. The Labute approximate surface area is 161 Å². The fraction of sp³-hybridized carbons (Fsp3) is 0.682. The predicted octanol–water partition coefficient (Wildman–Crippen LogP) is 2.87. The number of carbonyl (C=O) groups excluding carboxylic acids is 1. The van der Waals surface area contributed by atoms with Crippen molar-refractivity contribution >= 4 is 5.97 Å². The van der Waals surface area contributed by atoms with Crippen LogP contribution in [0.1, 0.15) is 42.5 Å². The lowest BCUT2D eigenvalue weighted by atomic mass is 9.52. The van der Waals surface area contributed by atoms with Gasteiger partial charge in [0.05, 0.1) is 7.11 Å². The maximum Gasteiger partial charge on any atom is 0.341 e. The smallest absolute Gasteiger partial charge is 0.341 e. The Hall–Kier alpha value is -1.59. The minimum Gasteiger partial charge on any atom is -0.490 e. The second kappa shape index (κ2) is 8.19. The van der Waals surface area contributed by atoms with E-state index in [1.165, 1.54) is 39.2 Å². The van der Waals surface area contributed by atoms with Crippen LogP contribution in [-0.4, -0.2) is 44.0 Å². The molecule has 0 saturated heterocycles. The molecule has 4 saturated carbocycles. The normalized spacial score (nSPS) is 32.3. The number of hydrogen-bond donors (Lipinski definition) is 2. The maximum atomic E-state index is 11.8. The number of nitrogens with one attached hydrogen (secondary N) is 1. The SMILES string of the molecule is COC(=O)c1ccccc1OCC(O)CNCC1C2CC3CC(C2)CC1C3. The zero-order valence-electron chi connectivity index (χ0n) is 16.1. The van der Waals surface area contributed by atoms with Crippen LogP contribution >= 0.6 is 0 Å². The van der Waals surface area contributed by atoms with Gasteiger partial charge in [0, 0.05) is 6.54 Å². The second-order valence-electron chi connectivity index (χ2n) is 8.71. The van der Waals surface area contributed by atoms with Crippen LogP contribution in [0.4, 0.5) is 0 Å². The Balaban J connectivity index is 1.22. The van der Waals surface area contributed by atoms with Crippen molar-refractivity contribution < 1.29 is 19.4 Å². The summed E-state index contributed by atoms with van der Waals surface area (Å²) < 4.78 is 10.4. The summed E-state index contributed by atoms with van der Waals surface area (Å²) in [5.41, 5.74) is 0.383. The molecule has 0 spiro atoms. The first-order valence-electron chi connectivity index (χ1n) is 10.3. The lowest BCUT2D eigenvalue weighted by molar-refractivity contribution is -0.0364. The number of esters is 1. The quantitative estimate of drug-likeness (QED) is 0.686. The molecular formula is C22H31NO4. The van der Waals surface area contributed by atoms with Gasteiger partial charge >= 0.3 is 5.97 Å². The highest BCUT2D eigenvalue weighted by atomic mass is 16.5. The van der Waals surface area contributed by atoms with Crippen molar-refractivity contribution in [2.45, 2.75) is 38.2 Å². The molecule has 5 rings (SSSR count). The summed E-state index contributed by atoms with van der Waals surface area (Å²) in [6, 6.07) is 6.96. The minimum absolute atomic E-state index is 0.155. The molecule has 0 heterocycles. The predicted molar refractivity (Wildman–Crippen MR) is 103 cm³/mol. The number of para-hydroxylation sites is 1. The summed E-state index contributed by atoms with van der Waals surface area (Å²) in [7, 11) is 1.35. The van der Waals surface area contributed by atoms with E-state index in [2.05, 4.69) is 5.32 Å². The van der Waals surface area contributed by atoms with E-state index in [1.807, 2.05) is 0 Å². The molecule has 1 unspecified atom stereocenters. The van der Waals surface area contributed by atoms with Crippen LogP contribution < -0.4 is 10.1 Å². The summed E-state index contributed by atoms with van der Waals surface area (Å²) in [4.78, 5) is 11.8. The van der Waals surface area contributed by atoms with E-state index < -0.39 is 12.1 Å². The molecular weight excluding hydrogens is 342 g/mol. The van der Waals surface area contributed by atoms with E-state index in [0.29, 0.717) is 17.9 Å². The monoisotopic (exact) mass is 373 g/mol. The van der Waals surface area contributed by atoms with E-state index in [9.17, 15) is 9.90 Å². The lowest BCUT2D eigenvalue weighted by Crippen LogP contribution is -2.49. The first-order chi connectivity index (χ1) is 13.1. The number of methoxy groups -OCH3 is 1. The zero-order chi connectivity index (χ0) is 18.8. The molecule has 4 fully saturated rings. The summed E-state index contributed by atoms with van der Waals surface area (Å²) in [6.45, 7) is 1.68. The zero-order valence-corrected chi connectivity index (χ0v) is 16.1. The molecule has 27 heavy (non-hydrogen) atoms. The first-order valence-corrected chi connectivity index (χ1v) is 10.3. The van der Waals surface area contributed by atoms with Gasteiger partial charge in [-0.05, 0) is 80.4 Å². The molecule has 0 radical (unpaired) electrons. The molecule has 2 N–H and O–H groups in total. The fourth-order valence-electron chi connectivity index (χ4n) is 5.90. The molecule has 4 bridgehead atoms. The molecule has 0 amide bonds. The van der Waals surface area contributed by atoms with Crippen molar-refractivity contribution in [2.24, 2.45) is 29.6 Å². The van der Waals surface area contributed by atoms with E-state index in [-0.39, 0.29) is 6.61 Å². The van der Waals surface area contributed by atoms with Gasteiger partial charge in [-0.2, -0.15) is 0 Å². The molecule has 1 aromatic carbocycles. The Morgan fingerprint density at radius 3 is 2.48 bits per heavy atom. The van der Waals surface area contributed by atoms with Crippen molar-refractivity contribution in [3.63, 3.8) is 0 Å². The Morgan fingerprint density at radius 1 is 1.15 bits per heavy atom. The van der Waals surface area contributed by atoms with Gasteiger partial charge in [-0.1, -0.05) is 12.1 Å². The van der Waals surface area contributed by atoms with E-state index in [1.54, 1.807) is 24.3 Å². The summed E-state index contributed by atoms with van der Waals surface area (Å²) in [6.07, 6.45) is 6.58.